The zero-order valence-electron chi connectivity index (χ0n) is 11.6. The third-order valence-electron chi connectivity index (χ3n) is 3.22. The number of thiazole rings is 1. The summed E-state index contributed by atoms with van der Waals surface area (Å²) in [7, 11) is 0. The van der Waals surface area contributed by atoms with E-state index in [2.05, 4.69) is 15.6 Å². The van der Waals surface area contributed by atoms with E-state index in [1.54, 1.807) is 11.3 Å². The molecule has 5 nitrogen and oxygen atoms in total. The van der Waals surface area contributed by atoms with Crippen molar-refractivity contribution in [2.75, 3.05) is 0 Å². The van der Waals surface area contributed by atoms with Crippen molar-refractivity contribution >= 4 is 22.3 Å². The summed E-state index contributed by atoms with van der Waals surface area (Å²) < 4.78 is 1.95. The van der Waals surface area contributed by atoms with Crippen molar-refractivity contribution < 1.29 is 4.79 Å². The fourth-order valence-electron chi connectivity index (χ4n) is 2.10. The summed E-state index contributed by atoms with van der Waals surface area (Å²) in [6, 6.07) is 9.65. The number of nitrogens with zero attached hydrogens (tertiary/aromatic N) is 2. The number of imidazole rings is 1. The molecule has 2 amide bonds. The highest BCUT2D eigenvalue weighted by Crippen LogP contribution is 2.12. The molecule has 0 unspecified atom stereocenters. The van der Waals surface area contributed by atoms with Crippen LogP contribution in [0.3, 0.4) is 0 Å². The summed E-state index contributed by atoms with van der Waals surface area (Å²) in [4.78, 5) is 17.3. The Morgan fingerprint density at radius 1 is 1.38 bits per heavy atom. The summed E-state index contributed by atoms with van der Waals surface area (Å²) in [5.74, 6) is 0. The van der Waals surface area contributed by atoms with Crippen LogP contribution in [0, 0.1) is 0 Å². The van der Waals surface area contributed by atoms with E-state index in [0.717, 1.165) is 16.2 Å². The maximum absolute atomic E-state index is 11.9. The molecule has 3 rings (SSSR count). The van der Waals surface area contributed by atoms with Crippen molar-refractivity contribution in [3.05, 3.63) is 59.4 Å². The molecule has 0 radical (unpaired) electrons. The van der Waals surface area contributed by atoms with Gasteiger partial charge in [-0.1, -0.05) is 30.3 Å². The molecule has 0 bridgehead atoms. The number of urea groups is 1. The van der Waals surface area contributed by atoms with Gasteiger partial charge in [-0.05, 0) is 12.5 Å². The number of fused-ring (bicyclic) bond motifs is 1. The minimum absolute atomic E-state index is 0.0308. The lowest BCUT2D eigenvalue weighted by atomic mass is 10.1. The first-order valence-corrected chi connectivity index (χ1v) is 7.61. The quantitative estimate of drug-likeness (QED) is 0.778. The van der Waals surface area contributed by atoms with E-state index in [1.807, 2.05) is 59.4 Å². The van der Waals surface area contributed by atoms with Gasteiger partial charge in [0.15, 0.2) is 4.96 Å². The maximum Gasteiger partial charge on any atom is 0.315 e. The maximum atomic E-state index is 11.9. The molecule has 0 aliphatic heterocycles. The number of rotatable bonds is 4. The first-order chi connectivity index (χ1) is 10.2. The molecule has 0 fully saturated rings. The third kappa shape index (κ3) is 3.22. The monoisotopic (exact) mass is 300 g/mol. The molecule has 21 heavy (non-hydrogen) atoms. The summed E-state index contributed by atoms with van der Waals surface area (Å²) in [5, 5.41) is 7.72. The summed E-state index contributed by atoms with van der Waals surface area (Å²) in [6.45, 7) is 2.38. The van der Waals surface area contributed by atoms with Gasteiger partial charge in [0.05, 0.1) is 18.3 Å². The second-order valence-corrected chi connectivity index (χ2v) is 5.66. The van der Waals surface area contributed by atoms with Gasteiger partial charge in [0.2, 0.25) is 0 Å². The number of benzene rings is 1. The van der Waals surface area contributed by atoms with E-state index >= 15 is 0 Å². The van der Waals surface area contributed by atoms with Crippen LogP contribution in [0.4, 0.5) is 4.79 Å². The highest BCUT2D eigenvalue weighted by molar-refractivity contribution is 7.15. The Morgan fingerprint density at radius 2 is 2.19 bits per heavy atom. The van der Waals surface area contributed by atoms with Crippen LogP contribution in [0.1, 0.15) is 24.2 Å². The summed E-state index contributed by atoms with van der Waals surface area (Å²) >= 11 is 1.57. The highest BCUT2D eigenvalue weighted by atomic mass is 32.1. The van der Waals surface area contributed by atoms with Crippen LogP contribution in [0.2, 0.25) is 0 Å². The molecule has 6 heteroatoms. The van der Waals surface area contributed by atoms with Crippen LogP contribution >= 0.6 is 11.3 Å². The minimum atomic E-state index is -0.192. The molecule has 2 aromatic heterocycles. The molecule has 3 aromatic rings. The Bertz CT molecular complexity index is 706. The Kier molecular flexibility index (Phi) is 3.87. The lowest BCUT2D eigenvalue weighted by molar-refractivity contribution is 0.237. The van der Waals surface area contributed by atoms with Crippen molar-refractivity contribution in [3.8, 4) is 0 Å². The third-order valence-corrected chi connectivity index (χ3v) is 3.99. The SMILES string of the molecule is C[C@@H](NC(=O)NCc1cn2ccsc2n1)c1ccccc1. The molecule has 0 aliphatic carbocycles. The van der Waals surface area contributed by atoms with Gasteiger partial charge in [0.25, 0.3) is 0 Å². The molecule has 2 heterocycles. The number of hydrogen-bond donors (Lipinski definition) is 2. The standard InChI is InChI=1S/C15H16N4OS/c1-11(12-5-3-2-4-6-12)17-14(20)16-9-13-10-19-7-8-21-15(19)18-13/h2-8,10-11H,9H2,1H3,(H2,16,17,20)/t11-/m1/s1. The molecule has 0 aliphatic rings. The lowest BCUT2D eigenvalue weighted by Gasteiger charge is -2.14. The summed E-state index contributed by atoms with van der Waals surface area (Å²) in [6.07, 6.45) is 3.88. The highest BCUT2D eigenvalue weighted by Gasteiger charge is 2.09. The Morgan fingerprint density at radius 3 is 2.95 bits per heavy atom. The molecular weight excluding hydrogens is 284 g/mol. The van der Waals surface area contributed by atoms with Crippen LogP contribution in [-0.2, 0) is 6.54 Å². The van der Waals surface area contributed by atoms with E-state index in [4.69, 9.17) is 0 Å². The van der Waals surface area contributed by atoms with Crippen LogP contribution in [0.15, 0.2) is 48.1 Å². The van der Waals surface area contributed by atoms with Crippen LogP contribution in [0.5, 0.6) is 0 Å². The smallest absolute Gasteiger partial charge is 0.315 e. The predicted octanol–water partition coefficient (Wildman–Crippen LogP) is 2.96. The Labute approximate surface area is 126 Å². The zero-order chi connectivity index (χ0) is 14.7. The molecule has 0 saturated carbocycles. The largest absolute Gasteiger partial charge is 0.332 e. The normalized spacial score (nSPS) is 12.2. The van der Waals surface area contributed by atoms with Crippen molar-refractivity contribution in [1.82, 2.24) is 20.0 Å². The zero-order valence-corrected chi connectivity index (χ0v) is 12.4. The van der Waals surface area contributed by atoms with E-state index in [-0.39, 0.29) is 12.1 Å². The number of nitrogens with one attached hydrogen (secondary N) is 2. The fraction of sp³-hybridized carbons (Fsp3) is 0.200. The molecule has 108 valence electrons. The van der Waals surface area contributed by atoms with Gasteiger partial charge in [-0.25, -0.2) is 9.78 Å². The van der Waals surface area contributed by atoms with E-state index in [0.29, 0.717) is 6.54 Å². The predicted molar refractivity (Wildman–Crippen MR) is 83.3 cm³/mol. The van der Waals surface area contributed by atoms with Crippen LogP contribution < -0.4 is 10.6 Å². The second kappa shape index (κ2) is 5.97. The minimum Gasteiger partial charge on any atom is -0.332 e. The number of hydrogen-bond acceptors (Lipinski definition) is 3. The van der Waals surface area contributed by atoms with Crippen molar-refractivity contribution in [2.24, 2.45) is 0 Å². The number of amides is 2. The van der Waals surface area contributed by atoms with Gasteiger partial charge in [-0.3, -0.25) is 4.40 Å². The van der Waals surface area contributed by atoms with E-state index < -0.39 is 0 Å². The average Bonchev–Trinajstić information content (AvgIpc) is 3.07. The van der Waals surface area contributed by atoms with Crippen molar-refractivity contribution in [1.29, 1.82) is 0 Å². The lowest BCUT2D eigenvalue weighted by Crippen LogP contribution is -2.36. The van der Waals surface area contributed by atoms with Crippen molar-refractivity contribution in [2.45, 2.75) is 19.5 Å². The Balaban J connectivity index is 1.53. The number of carbonyl (C=O) groups is 1. The molecular formula is C15H16N4OS. The van der Waals surface area contributed by atoms with Gasteiger partial charge in [0, 0.05) is 17.8 Å². The van der Waals surface area contributed by atoms with Gasteiger partial charge in [-0.15, -0.1) is 11.3 Å². The fourth-order valence-corrected chi connectivity index (χ4v) is 2.82. The average molecular weight is 300 g/mol. The van der Waals surface area contributed by atoms with Gasteiger partial charge >= 0.3 is 6.03 Å². The first-order valence-electron chi connectivity index (χ1n) is 6.73. The van der Waals surface area contributed by atoms with Gasteiger partial charge < -0.3 is 10.6 Å². The number of carbonyl (C=O) groups excluding carboxylic acids is 1. The van der Waals surface area contributed by atoms with Gasteiger partial charge in [0.1, 0.15) is 0 Å². The van der Waals surface area contributed by atoms with Gasteiger partial charge in [-0.2, -0.15) is 0 Å². The Hall–Kier alpha value is -2.34. The van der Waals surface area contributed by atoms with Crippen LogP contribution in [-0.4, -0.2) is 15.4 Å². The molecule has 0 spiro atoms. The van der Waals surface area contributed by atoms with Crippen molar-refractivity contribution in [3.63, 3.8) is 0 Å². The van der Waals surface area contributed by atoms with E-state index in [1.165, 1.54) is 0 Å². The molecule has 0 saturated heterocycles. The topological polar surface area (TPSA) is 58.4 Å². The van der Waals surface area contributed by atoms with E-state index in [9.17, 15) is 4.79 Å². The number of aromatic nitrogens is 2. The first kappa shape index (κ1) is 13.6. The summed E-state index contributed by atoms with van der Waals surface area (Å²) in [5.41, 5.74) is 1.93. The molecule has 2 N–H and O–H groups in total. The second-order valence-electron chi connectivity index (χ2n) is 4.78. The molecule has 1 atom stereocenters. The molecule has 1 aromatic carbocycles. The van der Waals surface area contributed by atoms with Crippen LogP contribution in [0.25, 0.3) is 4.96 Å².